The molecule has 9 rings (SSSR count). The Morgan fingerprint density at radius 1 is 0.429 bits per heavy atom. The van der Waals surface area contributed by atoms with Crippen LogP contribution in [0.25, 0.3) is 61.4 Å². The summed E-state index contributed by atoms with van der Waals surface area (Å²) in [6.07, 6.45) is 13.4. The Morgan fingerprint density at radius 3 is 1.51 bits per heavy atom. The molecule has 7 aromatic rings. The number of hydrogen-bond donors (Lipinski definition) is 0. The standard InChI is InChI=1S/C46H43N3/c1-5-14-32(15-6-1)36-24-26-44-40(29-36)41-30-37(33-16-7-2-8-17-33)25-27-45(41)49(44)39-23-13-22-38(28-39)43-31-42(34-18-9-3-10-19-34)47-46(48-43)35-20-11-4-12-21-35/h3-4,9-13,18-33H,1-2,5-8,14-17H2. The fraction of sp³-hybridized carbons (Fsp3) is 0.261. The molecule has 2 aliphatic rings. The van der Waals surface area contributed by atoms with Crippen molar-refractivity contribution in [2.45, 2.75) is 76.0 Å². The van der Waals surface area contributed by atoms with Crippen LogP contribution in [0.2, 0.25) is 0 Å². The third-order valence-corrected chi connectivity index (χ3v) is 11.2. The highest BCUT2D eigenvalue weighted by Crippen LogP contribution is 2.41. The molecule has 0 radical (unpaired) electrons. The van der Waals surface area contributed by atoms with Gasteiger partial charge in [-0.15, -0.1) is 0 Å². The first-order valence-electron chi connectivity index (χ1n) is 18.5. The maximum atomic E-state index is 5.15. The molecular formula is C46H43N3. The van der Waals surface area contributed by atoms with Gasteiger partial charge in [-0.2, -0.15) is 0 Å². The third kappa shape index (κ3) is 5.86. The minimum Gasteiger partial charge on any atom is -0.309 e. The molecular weight excluding hydrogens is 595 g/mol. The molecule has 0 saturated heterocycles. The van der Waals surface area contributed by atoms with E-state index < -0.39 is 0 Å². The summed E-state index contributed by atoms with van der Waals surface area (Å²) < 4.78 is 2.49. The minimum atomic E-state index is 0.678. The number of rotatable bonds is 6. The van der Waals surface area contributed by atoms with Crippen LogP contribution in [0.5, 0.6) is 0 Å². The van der Waals surface area contributed by atoms with Crippen molar-refractivity contribution in [1.29, 1.82) is 0 Å². The molecule has 242 valence electrons. The Kier molecular flexibility index (Phi) is 8.05. The van der Waals surface area contributed by atoms with Crippen molar-refractivity contribution in [2.75, 3.05) is 0 Å². The molecule has 2 aliphatic carbocycles. The van der Waals surface area contributed by atoms with E-state index >= 15 is 0 Å². The Morgan fingerprint density at radius 2 is 0.939 bits per heavy atom. The Labute approximate surface area is 289 Å². The lowest BCUT2D eigenvalue weighted by Crippen LogP contribution is -2.04. The third-order valence-electron chi connectivity index (χ3n) is 11.2. The molecule has 49 heavy (non-hydrogen) atoms. The number of nitrogens with zero attached hydrogens (tertiary/aromatic N) is 3. The van der Waals surface area contributed by atoms with Crippen LogP contribution in [-0.4, -0.2) is 14.5 Å². The average molecular weight is 638 g/mol. The molecule has 2 saturated carbocycles. The molecule has 0 N–H and O–H groups in total. The highest BCUT2D eigenvalue weighted by Gasteiger charge is 2.21. The first-order chi connectivity index (χ1) is 24.3. The lowest BCUT2D eigenvalue weighted by molar-refractivity contribution is 0.444. The van der Waals surface area contributed by atoms with E-state index in [0.29, 0.717) is 11.8 Å². The maximum Gasteiger partial charge on any atom is 0.160 e. The van der Waals surface area contributed by atoms with E-state index in [2.05, 4.69) is 126 Å². The summed E-state index contributed by atoms with van der Waals surface area (Å²) in [4.78, 5) is 10.2. The molecule has 5 aromatic carbocycles. The van der Waals surface area contributed by atoms with Crippen LogP contribution in [-0.2, 0) is 0 Å². The Hall–Kier alpha value is -5.02. The fourth-order valence-electron chi connectivity index (χ4n) is 8.59. The minimum absolute atomic E-state index is 0.678. The predicted octanol–water partition coefficient (Wildman–Crippen LogP) is 12.7. The van der Waals surface area contributed by atoms with Gasteiger partial charge in [0.15, 0.2) is 5.82 Å². The quantitative estimate of drug-likeness (QED) is 0.182. The highest BCUT2D eigenvalue weighted by atomic mass is 15.0. The zero-order valence-electron chi connectivity index (χ0n) is 28.2. The van der Waals surface area contributed by atoms with Gasteiger partial charge in [-0.3, -0.25) is 0 Å². The van der Waals surface area contributed by atoms with E-state index in [1.54, 1.807) is 0 Å². The van der Waals surface area contributed by atoms with Crippen molar-refractivity contribution in [3.8, 4) is 39.6 Å². The predicted molar refractivity (Wildman–Crippen MR) is 204 cm³/mol. The van der Waals surface area contributed by atoms with Crippen LogP contribution >= 0.6 is 0 Å². The van der Waals surface area contributed by atoms with Gasteiger partial charge in [0.1, 0.15) is 0 Å². The molecule has 0 atom stereocenters. The smallest absolute Gasteiger partial charge is 0.160 e. The van der Waals surface area contributed by atoms with E-state index in [1.807, 2.05) is 6.07 Å². The molecule has 3 heteroatoms. The van der Waals surface area contributed by atoms with E-state index in [4.69, 9.17) is 9.97 Å². The summed E-state index contributed by atoms with van der Waals surface area (Å²) in [6, 6.07) is 46.6. The Balaban J connectivity index is 1.20. The van der Waals surface area contributed by atoms with Gasteiger partial charge in [0.25, 0.3) is 0 Å². The van der Waals surface area contributed by atoms with Gasteiger partial charge in [-0.1, -0.05) is 123 Å². The first-order valence-corrected chi connectivity index (χ1v) is 18.5. The molecule has 0 bridgehead atoms. The molecule has 3 nitrogen and oxygen atoms in total. The molecule has 0 unspecified atom stereocenters. The largest absolute Gasteiger partial charge is 0.309 e. The SMILES string of the molecule is c1ccc(-c2cc(-c3cccc(-n4c5ccc(C6CCCCC6)cc5c5cc(C6CCCCC6)ccc54)c3)nc(-c3ccccc3)n2)cc1. The summed E-state index contributed by atoms with van der Waals surface area (Å²) >= 11 is 0. The number of benzene rings is 5. The van der Waals surface area contributed by atoms with Gasteiger partial charge >= 0.3 is 0 Å². The van der Waals surface area contributed by atoms with E-state index in [1.165, 1.54) is 97.1 Å². The summed E-state index contributed by atoms with van der Waals surface area (Å²) in [6.45, 7) is 0. The van der Waals surface area contributed by atoms with Crippen molar-refractivity contribution < 1.29 is 0 Å². The van der Waals surface area contributed by atoms with E-state index in [0.717, 1.165) is 39.6 Å². The van der Waals surface area contributed by atoms with Gasteiger partial charge in [-0.05, 0) is 91.1 Å². The van der Waals surface area contributed by atoms with Crippen molar-refractivity contribution in [1.82, 2.24) is 14.5 Å². The Bertz CT molecular complexity index is 2100. The van der Waals surface area contributed by atoms with E-state index in [9.17, 15) is 0 Å². The molecule has 2 heterocycles. The van der Waals surface area contributed by atoms with Crippen LogP contribution in [0.4, 0.5) is 0 Å². The average Bonchev–Trinajstić information content (AvgIpc) is 3.52. The summed E-state index contributed by atoms with van der Waals surface area (Å²) in [5.41, 5.74) is 11.8. The number of hydrogen-bond acceptors (Lipinski definition) is 2. The van der Waals surface area contributed by atoms with Gasteiger partial charge in [0.2, 0.25) is 0 Å². The van der Waals surface area contributed by atoms with Gasteiger partial charge in [0.05, 0.1) is 22.4 Å². The molecule has 2 aromatic heterocycles. The second-order valence-corrected chi connectivity index (χ2v) is 14.3. The maximum absolute atomic E-state index is 5.15. The van der Waals surface area contributed by atoms with E-state index in [-0.39, 0.29) is 0 Å². The molecule has 0 spiro atoms. The van der Waals surface area contributed by atoms with Crippen LogP contribution in [0, 0.1) is 0 Å². The second kappa shape index (κ2) is 13.1. The summed E-state index contributed by atoms with van der Waals surface area (Å²) in [7, 11) is 0. The number of aromatic nitrogens is 3. The van der Waals surface area contributed by atoms with Crippen LogP contribution in [0.1, 0.15) is 87.2 Å². The molecule has 2 fully saturated rings. The van der Waals surface area contributed by atoms with Crippen molar-refractivity contribution in [3.05, 3.63) is 139 Å². The van der Waals surface area contributed by atoms with Gasteiger partial charge in [0, 0.05) is 33.2 Å². The van der Waals surface area contributed by atoms with Crippen molar-refractivity contribution in [2.24, 2.45) is 0 Å². The highest BCUT2D eigenvalue weighted by molar-refractivity contribution is 6.10. The number of fused-ring (bicyclic) bond motifs is 3. The van der Waals surface area contributed by atoms with Crippen LogP contribution in [0.15, 0.2) is 127 Å². The summed E-state index contributed by atoms with van der Waals surface area (Å²) in [5.74, 6) is 2.10. The van der Waals surface area contributed by atoms with Crippen LogP contribution < -0.4 is 0 Å². The monoisotopic (exact) mass is 637 g/mol. The van der Waals surface area contributed by atoms with Gasteiger partial charge in [-0.25, -0.2) is 9.97 Å². The lowest BCUT2D eigenvalue weighted by atomic mass is 9.83. The topological polar surface area (TPSA) is 30.7 Å². The van der Waals surface area contributed by atoms with Crippen molar-refractivity contribution in [3.63, 3.8) is 0 Å². The second-order valence-electron chi connectivity index (χ2n) is 14.3. The zero-order chi connectivity index (χ0) is 32.6. The van der Waals surface area contributed by atoms with Gasteiger partial charge < -0.3 is 4.57 Å². The van der Waals surface area contributed by atoms with Crippen LogP contribution in [0.3, 0.4) is 0 Å². The lowest BCUT2D eigenvalue weighted by Gasteiger charge is -2.22. The zero-order valence-corrected chi connectivity index (χ0v) is 28.2. The molecule has 0 aliphatic heterocycles. The fourth-order valence-corrected chi connectivity index (χ4v) is 8.59. The normalized spacial score (nSPS) is 16.0. The summed E-state index contributed by atoms with van der Waals surface area (Å²) in [5, 5.41) is 2.78. The first kappa shape index (κ1) is 30.1. The molecule has 0 amide bonds. The van der Waals surface area contributed by atoms with Crippen molar-refractivity contribution >= 4 is 21.8 Å².